The highest BCUT2D eigenvalue weighted by Crippen LogP contribution is 2.21. The lowest BCUT2D eigenvalue weighted by Gasteiger charge is -2.28. The van der Waals surface area contributed by atoms with Gasteiger partial charge in [0.15, 0.2) is 5.17 Å². The van der Waals surface area contributed by atoms with Gasteiger partial charge in [0, 0.05) is 24.4 Å². The number of nitrogens with one attached hydrogen (secondary N) is 1. The zero-order chi connectivity index (χ0) is 12.3. The van der Waals surface area contributed by atoms with Gasteiger partial charge in [-0.2, -0.15) is 0 Å². The lowest BCUT2D eigenvalue weighted by atomic mass is 10.2. The van der Waals surface area contributed by atoms with E-state index in [1.54, 1.807) is 0 Å². The van der Waals surface area contributed by atoms with E-state index >= 15 is 0 Å². The lowest BCUT2D eigenvalue weighted by molar-refractivity contribution is 0.0690. The Morgan fingerprint density at radius 1 is 1.39 bits per heavy atom. The molecule has 0 aliphatic carbocycles. The van der Waals surface area contributed by atoms with Crippen molar-refractivity contribution in [3.05, 3.63) is 17.0 Å². The molecule has 0 saturated carbocycles. The summed E-state index contributed by atoms with van der Waals surface area (Å²) in [5.74, 6) is 1.60. The Bertz CT molecular complexity index is 385. The SMILES string of the molecule is Cc1noc(C)c1CSC(=N)N1CCOCC1.Cl. The van der Waals surface area contributed by atoms with Crippen LogP contribution in [0.3, 0.4) is 0 Å². The van der Waals surface area contributed by atoms with Gasteiger partial charge in [-0.15, -0.1) is 12.4 Å². The van der Waals surface area contributed by atoms with Gasteiger partial charge in [0.2, 0.25) is 0 Å². The van der Waals surface area contributed by atoms with Crippen LogP contribution in [0.1, 0.15) is 17.0 Å². The fourth-order valence-electron chi connectivity index (χ4n) is 1.71. The second-order valence-electron chi connectivity index (χ2n) is 4.00. The molecule has 1 fully saturated rings. The summed E-state index contributed by atoms with van der Waals surface area (Å²) in [5.41, 5.74) is 2.03. The summed E-state index contributed by atoms with van der Waals surface area (Å²) in [6.07, 6.45) is 0. The van der Waals surface area contributed by atoms with Gasteiger partial charge in [-0.3, -0.25) is 5.41 Å². The summed E-state index contributed by atoms with van der Waals surface area (Å²) >= 11 is 1.52. The van der Waals surface area contributed by atoms with Gasteiger partial charge in [0.25, 0.3) is 0 Å². The van der Waals surface area contributed by atoms with Gasteiger partial charge in [0.05, 0.1) is 18.9 Å². The molecular weight excluding hydrogens is 274 g/mol. The number of nitrogens with zero attached hydrogens (tertiary/aromatic N) is 2. The Labute approximate surface area is 117 Å². The average Bonchev–Trinajstić information content (AvgIpc) is 2.67. The maximum Gasteiger partial charge on any atom is 0.156 e. The highest BCUT2D eigenvalue weighted by atomic mass is 35.5. The summed E-state index contributed by atoms with van der Waals surface area (Å²) in [6.45, 7) is 6.91. The van der Waals surface area contributed by atoms with E-state index in [0.29, 0.717) is 18.4 Å². The van der Waals surface area contributed by atoms with E-state index in [0.717, 1.165) is 35.9 Å². The first kappa shape index (κ1) is 15.3. The number of rotatable bonds is 2. The molecule has 1 saturated heterocycles. The molecule has 18 heavy (non-hydrogen) atoms. The molecule has 0 radical (unpaired) electrons. The van der Waals surface area contributed by atoms with Gasteiger partial charge in [-0.25, -0.2) is 0 Å². The smallest absolute Gasteiger partial charge is 0.156 e. The number of hydrogen-bond acceptors (Lipinski definition) is 5. The van der Waals surface area contributed by atoms with E-state index in [9.17, 15) is 0 Å². The third-order valence-electron chi connectivity index (χ3n) is 2.83. The fraction of sp³-hybridized carbons (Fsp3) is 0.636. The van der Waals surface area contributed by atoms with E-state index in [1.807, 2.05) is 18.7 Å². The molecular formula is C11H18ClN3O2S. The number of ether oxygens (including phenoxy) is 1. The Morgan fingerprint density at radius 2 is 2.06 bits per heavy atom. The summed E-state index contributed by atoms with van der Waals surface area (Å²) in [4.78, 5) is 2.05. The van der Waals surface area contributed by atoms with Gasteiger partial charge in [-0.1, -0.05) is 16.9 Å². The summed E-state index contributed by atoms with van der Waals surface area (Å²) in [7, 11) is 0. The predicted octanol–water partition coefficient (Wildman–Crippen LogP) is 2.21. The summed E-state index contributed by atoms with van der Waals surface area (Å²) < 4.78 is 10.4. The molecule has 0 bridgehead atoms. The van der Waals surface area contributed by atoms with Crippen LogP contribution in [0, 0.1) is 19.3 Å². The molecule has 1 aliphatic rings. The zero-order valence-corrected chi connectivity index (χ0v) is 12.2. The van der Waals surface area contributed by atoms with E-state index in [4.69, 9.17) is 14.7 Å². The first-order valence-corrected chi connectivity index (χ1v) is 6.63. The third kappa shape index (κ3) is 3.63. The Kier molecular flexibility index (Phi) is 5.98. The van der Waals surface area contributed by atoms with Crippen molar-refractivity contribution in [2.24, 2.45) is 0 Å². The molecule has 0 spiro atoms. The van der Waals surface area contributed by atoms with Crippen LogP contribution in [-0.4, -0.2) is 41.5 Å². The lowest BCUT2D eigenvalue weighted by Crippen LogP contribution is -2.39. The molecule has 102 valence electrons. The monoisotopic (exact) mass is 291 g/mol. The minimum absolute atomic E-state index is 0. The Balaban J connectivity index is 0.00000162. The summed E-state index contributed by atoms with van der Waals surface area (Å²) in [5, 5.41) is 12.5. The predicted molar refractivity (Wildman–Crippen MR) is 74.6 cm³/mol. The van der Waals surface area contributed by atoms with Crippen LogP contribution in [0.25, 0.3) is 0 Å². The van der Waals surface area contributed by atoms with Crippen molar-refractivity contribution in [3.63, 3.8) is 0 Å². The van der Waals surface area contributed by atoms with Crippen molar-refractivity contribution in [2.45, 2.75) is 19.6 Å². The molecule has 0 aromatic carbocycles. The minimum Gasteiger partial charge on any atom is -0.378 e. The van der Waals surface area contributed by atoms with Crippen LogP contribution in [0.15, 0.2) is 4.52 Å². The van der Waals surface area contributed by atoms with Crippen LogP contribution in [0.5, 0.6) is 0 Å². The highest BCUT2D eigenvalue weighted by Gasteiger charge is 2.16. The first-order valence-electron chi connectivity index (χ1n) is 5.64. The fourth-order valence-corrected chi connectivity index (χ4v) is 2.76. The van der Waals surface area contributed by atoms with Crippen LogP contribution in [0.2, 0.25) is 0 Å². The van der Waals surface area contributed by atoms with Gasteiger partial charge in [-0.05, 0) is 13.8 Å². The molecule has 7 heteroatoms. The number of hydrogen-bond donors (Lipinski definition) is 1. The summed E-state index contributed by atoms with van der Waals surface area (Å²) in [6, 6.07) is 0. The third-order valence-corrected chi connectivity index (χ3v) is 3.80. The number of morpholine rings is 1. The quantitative estimate of drug-likeness (QED) is 0.669. The molecule has 1 N–H and O–H groups in total. The topological polar surface area (TPSA) is 62.4 Å². The zero-order valence-electron chi connectivity index (χ0n) is 10.6. The second kappa shape index (κ2) is 7.01. The van der Waals surface area contributed by atoms with Crippen molar-refractivity contribution in [1.29, 1.82) is 5.41 Å². The van der Waals surface area contributed by atoms with E-state index in [1.165, 1.54) is 11.8 Å². The normalized spacial score (nSPS) is 15.3. The van der Waals surface area contributed by atoms with Crippen LogP contribution in [0.4, 0.5) is 0 Å². The van der Waals surface area contributed by atoms with E-state index in [-0.39, 0.29) is 12.4 Å². The molecule has 0 unspecified atom stereocenters. The van der Waals surface area contributed by atoms with Crippen LogP contribution < -0.4 is 0 Å². The van der Waals surface area contributed by atoms with Crippen molar-refractivity contribution in [2.75, 3.05) is 26.3 Å². The largest absolute Gasteiger partial charge is 0.378 e. The maximum absolute atomic E-state index is 8.01. The van der Waals surface area contributed by atoms with E-state index < -0.39 is 0 Å². The second-order valence-corrected chi connectivity index (χ2v) is 4.96. The van der Waals surface area contributed by atoms with Gasteiger partial charge >= 0.3 is 0 Å². The Morgan fingerprint density at radius 3 is 2.61 bits per heavy atom. The number of aryl methyl sites for hydroxylation is 2. The van der Waals surface area contributed by atoms with Crippen molar-refractivity contribution < 1.29 is 9.26 Å². The average molecular weight is 292 g/mol. The van der Waals surface area contributed by atoms with Gasteiger partial charge < -0.3 is 14.2 Å². The Hall–Kier alpha value is -0.720. The van der Waals surface area contributed by atoms with Crippen molar-refractivity contribution in [3.8, 4) is 0 Å². The number of aromatic nitrogens is 1. The molecule has 2 rings (SSSR count). The minimum atomic E-state index is 0. The molecule has 1 aromatic heterocycles. The molecule has 1 aromatic rings. The number of halogens is 1. The number of amidine groups is 1. The van der Waals surface area contributed by atoms with Gasteiger partial charge in [0.1, 0.15) is 5.76 Å². The van der Waals surface area contributed by atoms with E-state index in [2.05, 4.69) is 5.16 Å². The number of thioether (sulfide) groups is 1. The van der Waals surface area contributed by atoms with Crippen molar-refractivity contribution >= 4 is 29.3 Å². The molecule has 0 atom stereocenters. The standard InChI is InChI=1S/C11H17N3O2S.ClH/c1-8-10(9(2)16-13-8)7-17-11(12)14-3-5-15-6-4-14;/h12H,3-7H2,1-2H3;1H. The van der Waals surface area contributed by atoms with Crippen LogP contribution >= 0.6 is 24.2 Å². The first-order chi connectivity index (χ1) is 8.18. The molecule has 1 aliphatic heterocycles. The molecule has 2 heterocycles. The van der Waals surface area contributed by atoms with Crippen molar-refractivity contribution in [1.82, 2.24) is 10.1 Å². The molecule has 0 amide bonds. The molecule has 5 nitrogen and oxygen atoms in total. The highest BCUT2D eigenvalue weighted by molar-refractivity contribution is 8.13. The van der Waals surface area contributed by atoms with Crippen LogP contribution in [-0.2, 0) is 10.5 Å². The maximum atomic E-state index is 8.01.